The Bertz CT molecular complexity index is 253. The molecule has 0 bridgehead atoms. The van der Waals surface area contributed by atoms with E-state index >= 15 is 0 Å². The van der Waals surface area contributed by atoms with E-state index < -0.39 is 0 Å². The average Bonchev–Trinajstić information content (AvgIpc) is 2.62. The predicted octanol–water partition coefficient (Wildman–Crippen LogP) is 3.26. The molecular formula is C16H32N2. The Morgan fingerprint density at radius 3 is 2.56 bits per heavy atom. The lowest BCUT2D eigenvalue weighted by Gasteiger charge is -2.37. The van der Waals surface area contributed by atoms with Gasteiger partial charge in [-0.25, -0.2) is 0 Å². The van der Waals surface area contributed by atoms with Crippen molar-refractivity contribution >= 4 is 0 Å². The van der Waals surface area contributed by atoms with E-state index in [2.05, 4.69) is 25.7 Å². The van der Waals surface area contributed by atoms with Crippen LogP contribution in [-0.2, 0) is 0 Å². The lowest BCUT2D eigenvalue weighted by molar-refractivity contribution is 0.147. The summed E-state index contributed by atoms with van der Waals surface area (Å²) in [4.78, 5) is 2.70. The van der Waals surface area contributed by atoms with E-state index in [0.717, 1.165) is 23.8 Å². The van der Waals surface area contributed by atoms with E-state index in [1.54, 1.807) is 0 Å². The van der Waals surface area contributed by atoms with Gasteiger partial charge in [-0.2, -0.15) is 0 Å². The minimum absolute atomic E-state index is 0.459. The number of nitrogens with zero attached hydrogens (tertiary/aromatic N) is 1. The summed E-state index contributed by atoms with van der Waals surface area (Å²) in [6.45, 7) is 9.64. The van der Waals surface area contributed by atoms with E-state index in [9.17, 15) is 0 Å². The molecule has 1 saturated carbocycles. The Hall–Kier alpha value is -0.0800. The van der Waals surface area contributed by atoms with Gasteiger partial charge in [0.15, 0.2) is 0 Å². The SMILES string of the molecule is CCCC1CCC(N)C(CN2CC(C)CC2C)C1. The van der Waals surface area contributed by atoms with E-state index in [4.69, 9.17) is 5.73 Å². The molecular weight excluding hydrogens is 220 g/mol. The molecule has 18 heavy (non-hydrogen) atoms. The van der Waals surface area contributed by atoms with Gasteiger partial charge in [-0.1, -0.05) is 26.7 Å². The van der Waals surface area contributed by atoms with Crippen molar-refractivity contribution < 1.29 is 0 Å². The van der Waals surface area contributed by atoms with Gasteiger partial charge < -0.3 is 10.6 Å². The van der Waals surface area contributed by atoms with Gasteiger partial charge in [-0.15, -0.1) is 0 Å². The molecule has 5 unspecified atom stereocenters. The van der Waals surface area contributed by atoms with Crippen LogP contribution in [0.4, 0.5) is 0 Å². The van der Waals surface area contributed by atoms with Crippen molar-refractivity contribution in [3.8, 4) is 0 Å². The van der Waals surface area contributed by atoms with Crippen LogP contribution in [0.15, 0.2) is 0 Å². The molecule has 0 radical (unpaired) electrons. The Morgan fingerprint density at radius 2 is 1.94 bits per heavy atom. The van der Waals surface area contributed by atoms with Crippen LogP contribution in [-0.4, -0.2) is 30.1 Å². The Kier molecular flexibility index (Phi) is 5.08. The third-order valence-corrected chi connectivity index (χ3v) is 5.23. The second-order valence-corrected chi connectivity index (χ2v) is 7.04. The standard InChI is InChI=1S/C16H32N2/c1-4-5-14-6-7-16(17)15(9-14)11-18-10-12(2)8-13(18)3/h12-16H,4-11,17H2,1-3H3. The lowest BCUT2D eigenvalue weighted by atomic mass is 9.76. The highest BCUT2D eigenvalue weighted by atomic mass is 15.2. The van der Waals surface area contributed by atoms with Crippen molar-refractivity contribution in [2.45, 2.75) is 71.4 Å². The molecule has 2 N–H and O–H groups in total. The molecule has 0 amide bonds. The van der Waals surface area contributed by atoms with Crippen LogP contribution >= 0.6 is 0 Å². The molecule has 106 valence electrons. The molecule has 2 rings (SSSR count). The summed E-state index contributed by atoms with van der Waals surface area (Å²) in [5.41, 5.74) is 6.37. The van der Waals surface area contributed by atoms with Crippen molar-refractivity contribution in [3.05, 3.63) is 0 Å². The van der Waals surface area contributed by atoms with Gasteiger partial charge >= 0.3 is 0 Å². The molecule has 0 aromatic carbocycles. The average molecular weight is 252 g/mol. The summed E-state index contributed by atoms with van der Waals surface area (Å²) in [5, 5.41) is 0. The van der Waals surface area contributed by atoms with E-state index in [1.807, 2.05) is 0 Å². The second-order valence-electron chi connectivity index (χ2n) is 7.04. The van der Waals surface area contributed by atoms with Gasteiger partial charge in [-0.3, -0.25) is 0 Å². The van der Waals surface area contributed by atoms with E-state index in [0.29, 0.717) is 6.04 Å². The zero-order chi connectivity index (χ0) is 13.1. The third kappa shape index (κ3) is 3.48. The molecule has 1 aliphatic heterocycles. The monoisotopic (exact) mass is 252 g/mol. The first kappa shape index (κ1) is 14.3. The molecule has 0 aromatic heterocycles. The largest absolute Gasteiger partial charge is 0.327 e. The fourth-order valence-corrected chi connectivity index (χ4v) is 4.21. The van der Waals surface area contributed by atoms with Gasteiger partial charge in [0, 0.05) is 25.2 Å². The maximum atomic E-state index is 6.37. The number of likely N-dealkylation sites (tertiary alicyclic amines) is 1. The van der Waals surface area contributed by atoms with E-state index in [1.165, 1.54) is 51.6 Å². The summed E-state index contributed by atoms with van der Waals surface area (Å²) in [5.74, 6) is 2.59. The lowest BCUT2D eigenvalue weighted by Crippen LogP contribution is -2.44. The van der Waals surface area contributed by atoms with Crippen molar-refractivity contribution in [3.63, 3.8) is 0 Å². The van der Waals surface area contributed by atoms with E-state index in [-0.39, 0.29) is 0 Å². The molecule has 0 aromatic rings. The molecule has 0 spiro atoms. The van der Waals surface area contributed by atoms with Gasteiger partial charge in [0.1, 0.15) is 0 Å². The molecule has 1 saturated heterocycles. The van der Waals surface area contributed by atoms with Crippen LogP contribution in [0.25, 0.3) is 0 Å². The Morgan fingerprint density at radius 1 is 1.17 bits per heavy atom. The predicted molar refractivity (Wildman–Crippen MR) is 78.5 cm³/mol. The Balaban J connectivity index is 1.86. The van der Waals surface area contributed by atoms with Crippen molar-refractivity contribution in [1.82, 2.24) is 4.90 Å². The first-order valence-electron chi connectivity index (χ1n) is 8.09. The number of hydrogen-bond acceptors (Lipinski definition) is 2. The molecule has 2 fully saturated rings. The van der Waals surface area contributed by atoms with Gasteiger partial charge in [0.2, 0.25) is 0 Å². The topological polar surface area (TPSA) is 29.3 Å². The summed E-state index contributed by atoms with van der Waals surface area (Å²) in [6.07, 6.45) is 8.14. The highest BCUT2D eigenvalue weighted by molar-refractivity contribution is 4.88. The zero-order valence-corrected chi connectivity index (χ0v) is 12.6. The van der Waals surface area contributed by atoms with Crippen LogP contribution in [0, 0.1) is 17.8 Å². The summed E-state index contributed by atoms with van der Waals surface area (Å²) >= 11 is 0. The number of hydrogen-bond donors (Lipinski definition) is 1. The molecule has 2 nitrogen and oxygen atoms in total. The van der Waals surface area contributed by atoms with Crippen LogP contribution in [0.2, 0.25) is 0 Å². The second kappa shape index (κ2) is 6.38. The van der Waals surface area contributed by atoms with Crippen LogP contribution in [0.5, 0.6) is 0 Å². The summed E-state index contributed by atoms with van der Waals surface area (Å²) in [6, 6.07) is 1.24. The van der Waals surface area contributed by atoms with Crippen LogP contribution < -0.4 is 5.73 Å². The molecule has 2 heteroatoms. The number of nitrogens with two attached hydrogens (primary N) is 1. The molecule has 1 heterocycles. The summed E-state index contributed by atoms with van der Waals surface area (Å²) in [7, 11) is 0. The molecule has 2 aliphatic rings. The smallest absolute Gasteiger partial charge is 0.00795 e. The third-order valence-electron chi connectivity index (χ3n) is 5.23. The van der Waals surface area contributed by atoms with Gasteiger partial charge in [-0.05, 0) is 50.4 Å². The van der Waals surface area contributed by atoms with Gasteiger partial charge in [0.25, 0.3) is 0 Å². The fourth-order valence-electron chi connectivity index (χ4n) is 4.21. The van der Waals surface area contributed by atoms with Crippen molar-refractivity contribution in [1.29, 1.82) is 0 Å². The van der Waals surface area contributed by atoms with Crippen molar-refractivity contribution in [2.75, 3.05) is 13.1 Å². The quantitative estimate of drug-likeness (QED) is 0.832. The van der Waals surface area contributed by atoms with Crippen molar-refractivity contribution in [2.24, 2.45) is 23.5 Å². The molecule has 5 atom stereocenters. The first-order chi connectivity index (χ1) is 8.60. The highest BCUT2D eigenvalue weighted by Crippen LogP contribution is 2.33. The van der Waals surface area contributed by atoms with Gasteiger partial charge in [0.05, 0.1) is 0 Å². The first-order valence-corrected chi connectivity index (χ1v) is 8.09. The fraction of sp³-hybridized carbons (Fsp3) is 1.00. The highest BCUT2D eigenvalue weighted by Gasteiger charge is 2.33. The number of rotatable bonds is 4. The minimum Gasteiger partial charge on any atom is -0.327 e. The maximum Gasteiger partial charge on any atom is 0.00795 e. The van der Waals surface area contributed by atoms with Crippen LogP contribution in [0.3, 0.4) is 0 Å². The Labute approximate surface area is 113 Å². The summed E-state index contributed by atoms with van der Waals surface area (Å²) < 4.78 is 0. The minimum atomic E-state index is 0.459. The maximum absolute atomic E-state index is 6.37. The van der Waals surface area contributed by atoms with Crippen LogP contribution in [0.1, 0.15) is 59.3 Å². The molecule has 1 aliphatic carbocycles. The zero-order valence-electron chi connectivity index (χ0n) is 12.6. The normalized spacial score (nSPS) is 42.3.